The molecule has 116 valence electrons. The summed E-state index contributed by atoms with van der Waals surface area (Å²) in [7, 11) is 1.69. The summed E-state index contributed by atoms with van der Waals surface area (Å²) in [5.74, 6) is 0. The molecule has 0 aliphatic carbocycles. The van der Waals surface area contributed by atoms with Gasteiger partial charge in [-0.15, -0.1) is 0 Å². The maximum Gasteiger partial charge on any atom is 0.317 e. The molecule has 0 radical (unpaired) electrons. The molecule has 0 unspecified atom stereocenters. The highest BCUT2D eigenvalue weighted by atomic mass is 16.2. The Morgan fingerprint density at radius 2 is 1.85 bits per heavy atom. The second kappa shape index (κ2) is 13.6. The number of amides is 2. The SMILES string of the molecule is CC.CC.CCCNC(=O)N(C)Cc1cccc(=O)[nH]1. The van der Waals surface area contributed by atoms with E-state index in [1.165, 1.54) is 11.0 Å². The van der Waals surface area contributed by atoms with Crippen LogP contribution in [0.5, 0.6) is 0 Å². The number of hydrogen-bond donors (Lipinski definition) is 2. The molecular formula is C15H29N3O2. The van der Waals surface area contributed by atoms with E-state index in [0.29, 0.717) is 13.1 Å². The van der Waals surface area contributed by atoms with Gasteiger partial charge in [-0.2, -0.15) is 0 Å². The van der Waals surface area contributed by atoms with Gasteiger partial charge >= 0.3 is 6.03 Å². The number of pyridine rings is 1. The lowest BCUT2D eigenvalue weighted by Gasteiger charge is -2.17. The van der Waals surface area contributed by atoms with E-state index in [2.05, 4.69) is 10.3 Å². The van der Waals surface area contributed by atoms with Gasteiger partial charge in [0.15, 0.2) is 0 Å². The van der Waals surface area contributed by atoms with Gasteiger partial charge < -0.3 is 15.2 Å². The van der Waals surface area contributed by atoms with Crippen LogP contribution in [-0.2, 0) is 6.54 Å². The number of urea groups is 1. The third-order valence-corrected chi connectivity index (χ3v) is 2.11. The summed E-state index contributed by atoms with van der Waals surface area (Å²) < 4.78 is 0. The Labute approximate surface area is 122 Å². The van der Waals surface area contributed by atoms with E-state index in [1.807, 2.05) is 34.6 Å². The van der Waals surface area contributed by atoms with Gasteiger partial charge in [0.1, 0.15) is 0 Å². The van der Waals surface area contributed by atoms with Crippen molar-refractivity contribution in [2.75, 3.05) is 13.6 Å². The van der Waals surface area contributed by atoms with Crippen LogP contribution in [0.15, 0.2) is 23.0 Å². The molecule has 0 saturated carbocycles. The van der Waals surface area contributed by atoms with Crippen molar-refractivity contribution in [3.05, 3.63) is 34.2 Å². The van der Waals surface area contributed by atoms with Gasteiger partial charge in [0.05, 0.1) is 6.54 Å². The first-order chi connectivity index (χ1) is 9.63. The Balaban J connectivity index is 0. The summed E-state index contributed by atoms with van der Waals surface area (Å²) in [4.78, 5) is 26.8. The zero-order chi connectivity index (χ0) is 16.0. The van der Waals surface area contributed by atoms with Crippen LogP contribution < -0.4 is 10.9 Å². The lowest BCUT2D eigenvalue weighted by atomic mass is 10.3. The third kappa shape index (κ3) is 9.19. The van der Waals surface area contributed by atoms with Crippen LogP contribution in [0.3, 0.4) is 0 Å². The molecule has 5 nitrogen and oxygen atoms in total. The summed E-state index contributed by atoms with van der Waals surface area (Å²) >= 11 is 0. The highest BCUT2D eigenvalue weighted by Crippen LogP contribution is 1.96. The molecule has 0 bridgehead atoms. The highest BCUT2D eigenvalue weighted by Gasteiger charge is 2.07. The Morgan fingerprint density at radius 3 is 2.35 bits per heavy atom. The van der Waals surface area contributed by atoms with E-state index in [0.717, 1.165) is 12.1 Å². The quantitative estimate of drug-likeness (QED) is 0.892. The molecule has 2 N–H and O–H groups in total. The summed E-state index contributed by atoms with van der Waals surface area (Å²) in [5.41, 5.74) is 0.571. The van der Waals surface area contributed by atoms with Crippen LogP contribution in [0.1, 0.15) is 46.7 Å². The summed E-state index contributed by atoms with van der Waals surface area (Å²) in [5, 5.41) is 2.76. The minimum Gasteiger partial charge on any atom is -0.338 e. The van der Waals surface area contributed by atoms with Gasteiger partial charge in [0, 0.05) is 25.4 Å². The number of rotatable bonds is 4. The minimum absolute atomic E-state index is 0.133. The standard InChI is InChI=1S/C11H17N3O2.2C2H6/c1-3-7-12-11(16)14(2)8-9-5-4-6-10(15)13-9;2*1-2/h4-6H,3,7-8H2,1-2H3,(H,12,16)(H,13,15);2*1-2H3. The Kier molecular flexibility index (Phi) is 14.0. The van der Waals surface area contributed by atoms with Crippen LogP contribution >= 0.6 is 0 Å². The molecule has 1 rings (SSSR count). The largest absolute Gasteiger partial charge is 0.338 e. The van der Waals surface area contributed by atoms with Crippen molar-refractivity contribution in [2.24, 2.45) is 0 Å². The van der Waals surface area contributed by atoms with Crippen molar-refractivity contribution in [1.29, 1.82) is 0 Å². The molecule has 0 aromatic carbocycles. The van der Waals surface area contributed by atoms with Gasteiger partial charge in [0.25, 0.3) is 0 Å². The molecule has 0 spiro atoms. The van der Waals surface area contributed by atoms with E-state index >= 15 is 0 Å². The minimum atomic E-state index is -0.153. The van der Waals surface area contributed by atoms with Crippen molar-refractivity contribution in [3.8, 4) is 0 Å². The number of aromatic nitrogens is 1. The number of nitrogens with one attached hydrogen (secondary N) is 2. The predicted molar refractivity (Wildman–Crippen MR) is 84.9 cm³/mol. The normalized spacial score (nSPS) is 8.50. The van der Waals surface area contributed by atoms with Crippen molar-refractivity contribution < 1.29 is 4.79 Å². The van der Waals surface area contributed by atoms with E-state index in [9.17, 15) is 9.59 Å². The summed E-state index contributed by atoms with van der Waals surface area (Å²) in [6.45, 7) is 11.1. The highest BCUT2D eigenvalue weighted by molar-refractivity contribution is 5.73. The maximum atomic E-state index is 11.5. The Bertz CT molecular complexity index is 402. The number of aromatic amines is 1. The van der Waals surface area contributed by atoms with E-state index in [4.69, 9.17) is 0 Å². The van der Waals surface area contributed by atoms with Crippen LogP contribution in [0.4, 0.5) is 4.79 Å². The second-order valence-corrected chi connectivity index (χ2v) is 3.63. The topological polar surface area (TPSA) is 65.2 Å². The fourth-order valence-electron chi connectivity index (χ4n) is 1.28. The predicted octanol–water partition coefficient (Wildman–Crippen LogP) is 2.98. The van der Waals surface area contributed by atoms with Crippen molar-refractivity contribution >= 4 is 6.03 Å². The third-order valence-electron chi connectivity index (χ3n) is 2.11. The molecule has 0 fully saturated rings. The molecule has 0 aliphatic rings. The second-order valence-electron chi connectivity index (χ2n) is 3.63. The van der Waals surface area contributed by atoms with E-state index in [1.54, 1.807) is 19.2 Å². The number of carbonyl (C=O) groups excluding carboxylic acids is 1. The average Bonchev–Trinajstić information content (AvgIpc) is 2.49. The zero-order valence-corrected chi connectivity index (χ0v) is 13.6. The molecule has 0 aliphatic heterocycles. The van der Waals surface area contributed by atoms with E-state index in [-0.39, 0.29) is 11.6 Å². The molecule has 0 atom stereocenters. The van der Waals surface area contributed by atoms with Crippen molar-refractivity contribution in [2.45, 2.75) is 47.6 Å². The van der Waals surface area contributed by atoms with Gasteiger partial charge in [-0.3, -0.25) is 4.79 Å². The monoisotopic (exact) mass is 283 g/mol. The first kappa shape index (κ1) is 20.5. The first-order valence-corrected chi connectivity index (χ1v) is 7.30. The van der Waals surface area contributed by atoms with Crippen molar-refractivity contribution in [1.82, 2.24) is 15.2 Å². The number of H-pyrrole nitrogens is 1. The summed E-state index contributed by atoms with van der Waals surface area (Å²) in [6, 6.07) is 4.77. The number of hydrogen-bond acceptors (Lipinski definition) is 2. The lowest BCUT2D eigenvalue weighted by Crippen LogP contribution is -2.37. The van der Waals surface area contributed by atoms with Gasteiger partial charge in [-0.1, -0.05) is 40.7 Å². The maximum absolute atomic E-state index is 11.5. The van der Waals surface area contributed by atoms with E-state index < -0.39 is 0 Å². The summed E-state index contributed by atoms with van der Waals surface area (Å²) in [6.07, 6.45) is 0.905. The fraction of sp³-hybridized carbons (Fsp3) is 0.600. The zero-order valence-electron chi connectivity index (χ0n) is 13.6. The molecule has 1 heterocycles. The molecule has 5 heteroatoms. The average molecular weight is 283 g/mol. The van der Waals surface area contributed by atoms with Crippen LogP contribution in [0, 0.1) is 0 Å². The van der Waals surface area contributed by atoms with Crippen LogP contribution in [0.25, 0.3) is 0 Å². The van der Waals surface area contributed by atoms with Gasteiger partial charge in [0.2, 0.25) is 5.56 Å². The smallest absolute Gasteiger partial charge is 0.317 e. The molecule has 1 aromatic rings. The first-order valence-electron chi connectivity index (χ1n) is 7.30. The molecule has 1 aromatic heterocycles. The molecule has 0 saturated heterocycles. The van der Waals surface area contributed by atoms with Crippen molar-refractivity contribution in [3.63, 3.8) is 0 Å². The molecule has 2 amide bonds. The fourth-order valence-corrected chi connectivity index (χ4v) is 1.28. The Hall–Kier alpha value is -1.78. The van der Waals surface area contributed by atoms with Gasteiger partial charge in [-0.05, 0) is 12.5 Å². The molecule has 20 heavy (non-hydrogen) atoms. The molecular weight excluding hydrogens is 254 g/mol. The van der Waals surface area contributed by atoms with Crippen LogP contribution in [0.2, 0.25) is 0 Å². The number of nitrogens with zero attached hydrogens (tertiary/aromatic N) is 1. The number of carbonyl (C=O) groups is 1. The van der Waals surface area contributed by atoms with Gasteiger partial charge in [-0.25, -0.2) is 4.79 Å². The lowest BCUT2D eigenvalue weighted by molar-refractivity contribution is 0.206. The van der Waals surface area contributed by atoms with Crippen LogP contribution in [-0.4, -0.2) is 29.5 Å². The Morgan fingerprint density at radius 1 is 1.25 bits per heavy atom.